The summed E-state index contributed by atoms with van der Waals surface area (Å²) in [5.74, 6) is -0.739. The molecular formula is C17H18BrFN2O5S. The summed E-state index contributed by atoms with van der Waals surface area (Å²) >= 11 is 3.12. The van der Waals surface area contributed by atoms with Crippen LogP contribution in [0.2, 0.25) is 0 Å². The Kier molecular flexibility index (Phi) is 6.66. The highest BCUT2D eigenvalue weighted by atomic mass is 79.9. The Morgan fingerprint density at radius 2 is 1.89 bits per heavy atom. The fraction of sp³-hybridized carbons (Fsp3) is 0.235. The molecule has 0 aliphatic carbocycles. The van der Waals surface area contributed by atoms with Gasteiger partial charge < -0.3 is 14.8 Å². The molecular weight excluding hydrogens is 443 g/mol. The molecule has 146 valence electrons. The lowest BCUT2D eigenvalue weighted by Crippen LogP contribution is -2.37. The molecule has 2 rings (SSSR count). The third kappa shape index (κ3) is 5.33. The number of sulfonamides is 1. The van der Waals surface area contributed by atoms with Crippen LogP contribution in [-0.2, 0) is 14.8 Å². The SMILES string of the molecule is COc1ccc(OC)c(N(CC(=O)Nc2ccc(Br)cc2F)S(C)(=O)=O)c1. The molecule has 0 atom stereocenters. The zero-order valence-corrected chi connectivity index (χ0v) is 17.2. The lowest BCUT2D eigenvalue weighted by molar-refractivity contribution is -0.114. The molecule has 0 heterocycles. The molecule has 0 aliphatic rings. The molecule has 2 aromatic carbocycles. The predicted octanol–water partition coefficient (Wildman–Crippen LogP) is 3.01. The standard InChI is InChI=1S/C17H18BrFN2O5S/c1-25-12-5-7-16(26-2)15(9-12)21(27(3,23)24)10-17(22)20-14-6-4-11(18)8-13(14)19/h4-9H,10H2,1-3H3,(H,20,22). The van der Waals surface area contributed by atoms with Crippen molar-refractivity contribution in [2.75, 3.05) is 36.6 Å². The zero-order valence-electron chi connectivity index (χ0n) is 14.8. The zero-order chi connectivity index (χ0) is 20.2. The number of hydrogen-bond donors (Lipinski definition) is 1. The van der Waals surface area contributed by atoms with Crippen LogP contribution in [-0.4, -0.2) is 41.3 Å². The van der Waals surface area contributed by atoms with Crippen molar-refractivity contribution in [1.82, 2.24) is 0 Å². The maximum absolute atomic E-state index is 13.9. The van der Waals surface area contributed by atoms with Crippen molar-refractivity contribution in [2.24, 2.45) is 0 Å². The van der Waals surface area contributed by atoms with Crippen molar-refractivity contribution in [3.8, 4) is 11.5 Å². The number of benzene rings is 2. The molecule has 7 nitrogen and oxygen atoms in total. The minimum Gasteiger partial charge on any atom is -0.497 e. The topological polar surface area (TPSA) is 84.9 Å². The third-order valence-electron chi connectivity index (χ3n) is 3.55. The number of methoxy groups -OCH3 is 2. The van der Waals surface area contributed by atoms with Gasteiger partial charge in [0.1, 0.15) is 23.9 Å². The maximum Gasteiger partial charge on any atom is 0.245 e. The molecule has 10 heteroatoms. The van der Waals surface area contributed by atoms with E-state index in [2.05, 4.69) is 21.2 Å². The van der Waals surface area contributed by atoms with Crippen molar-refractivity contribution in [2.45, 2.75) is 0 Å². The maximum atomic E-state index is 13.9. The third-order valence-corrected chi connectivity index (χ3v) is 5.17. The molecule has 0 bridgehead atoms. The minimum atomic E-state index is -3.84. The number of amides is 1. The summed E-state index contributed by atoms with van der Waals surface area (Å²) in [7, 11) is -1.04. The van der Waals surface area contributed by atoms with Crippen LogP contribution in [0.4, 0.5) is 15.8 Å². The van der Waals surface area contributed by atoms with Gasteiger partial charge in [0.15, 0.2) is 0 Å². The second kappa shape index (κ2) is 8.57. The summed E-state index contributed by atoms with van der Waals surface area (Å²) in [6, 6.07) is 8.67. The van der Waals surface area contributed by atoms with Gasteiger partial charge in [-0.1, -0.05) is 15.9 Å². The first kappa shape index (κ1) is 21.0. The van der Waals surface area contributed by atoms with E-state index in [1.165, 1.54) is 38.5 Å². The van der Waals surface area contributed by atoms with Crippen LogP contribution in [0.15, 0.2) is 40.9 Å². The van der Waals surface area contributed by atoms with Crippen LogP contribution in [0.5, 0.6) is 11.5 Å². The van der Waals surface area contributed by atoms with E-state index in [0.29, 0.717) is 10.2 Å². The first-order valence-electron chi connectivity index (χ1n) is 7.60. The molecule has 1 N–H and O–H groups in total. The Morgan fingerprint density at radius 3 is 2.44 bits per heavy atom. The number of anilines is 2. The molecule has 1 amide bonds. The molecule has 0 aliphatic heterocycles. The molecule has 0 unspecified atom stereocenters. The van der Waals surface area contributed by atoms with Crippen molar-refractivity contribution in [3.63, 3.8) is 0 Å². The Morgan fingerprint density at radius 1 is 1.19 bits per heavy atom. The average molecular weight is 461 g/mol. The van der Waals surface area contributed by atoms with E-state index in [-0.39, 0.29) is 17.1 Å². The highest BCUT2D eigenvalue weighted by molar-refractivity contribution is 9.10. The summed E-state index contributed by atoms with van der Waals surface area (Å²) in [4.78, 5) is 12.4. The Bertz CT molecular complexity index is 952. The Labute approximate surface area is 165 Å². The van der Waals surface area contributed by atoms with Crippen molar-refractivity contribution in [1.29, 1.82) is 0 Å². The van der Waals surface area contributed by atoms with E-state index in [1.807, 2.05) is 0 Å². The first-order valence-corrected chi connectivity index (χ1v) is 10.2. The van der Waals surface area contributed by atoms with Gasteiger partial charge in [-0.2, -0.15) is 0 Å². The van der Waals surface area contributed by atoms with E-state index < -0.39 is 28.3 Å². The first-order chi connectivity index (χ1) is 12.7. The largest absolute Gasteiger partial charge is 0.497 e. The highest BCUT2D eigenvalue weighted by Gasteiger charge is 2.25. The average Bonchev–Trinajstić information content (AvgIpc) is 2.60. The summed E-state index contributed by atoms with van der Waals surface area (Å²) in [6.45, 7) is -0.572. The molecule has 27 heavy (non-hydrogen) atoms. The number of ether oxygens (including phenoxy) is 2. The van der Waals surface area contributed by atoms with Gasteiger partial charge in [-0.05, 0) is 30.3 Å². The van der Waals surface area contributed by atoms with Crippen LogP contribution < -0.4 is 19.1 Å². The number of halogens is 2. The van der Waals surface area contributed by atoms with Crippen molar-refractivity contribution >= 4 is 43.2 Å². The van der Waals surface area contributed by atoms with Crippen molar-refractivity contribution < 1.29 is 27.1 Å². The molecule has 0 saturated heterocycles. The molecule has 2 aromatic rings. The van der Waals surface area contributed by atoms with Gasteiger partial charge in [0.25, 0.3) is 0 Å². The molecule has 0 radical (unpaired) electrons. The second-order valence-corrected chi connectivity index (χ2v) is 8.30. The molecule has 0 fully saturated rings. The van der Waals surface area contributed by atoms with Gasteiger partial charge in [-0.25, -0.2) is 12.8 Å². The molecule has 0 aromatic heterocycles. The normalized spacial score (nSPS) is 11.0. The number of hydrogen-bond acceptors (Lipinski definition) is 5. The van der Waals surface area contributed by atoms with E-state index >= 15 is 0 Å². The number of nitrogens with one attached hydrogen (secondary N) is 1. The van der Waals surface area contributed by atoms with E-state index in [0.717, 1.165) is 10.6 Å². The van der Waals surface area contributed by atoms with Crippen LogP contribution in [0.25, 0.3) is 0 Å². The van der Waals surface area contributed by atoms with Gasteiger partial charge in [0, 0.05) is 10.5 Å². The molecule has 0 spiro atoms. The Balaban J connectivity index is 2.34. The van der Waals surface area contributed by atoms with Crippen molar-refractivity contribution in [3.05, 3.63) is 46.7 Å². The lowest BCUT2D eigenvalue weighted by atomic mass is 10.2. The van der Waals surface area contributed by atoms with E-state index in [9.17, 15) is 17.6 Å². The predicted molar refractivity (Wildman–Crippen MR) is 104 cm³/mol. The molecule has 0 saturated carbocycles. The van der Waals surface area contributed by atoms with Crippen LogP contribution in [0.1, 0.15) is 0 Å². The minimum absolute atomic E-state index is 0.0609. The summed E-state index contributed by atoms with van der Waals surface area (Å²) < 4.78 is 50.1. The van der Waals surface area contributed by atoms with Crippen LogP contribution >= 0.6 is 15.9 Å². The van der Waals surface area contributed by atoms with Gasteiger partial charge in [0.05, 0.1) is 31.9 Å². The number of rotatable bonds is 7. The fourth-order valence-electron chi connectivity index (χ4n) is 2.28. The van der Waals surface area contributed by atoms with Gasteiger partial charge in [-0.15, -0.1) is 0 Å². The quantitative estimate of drug-likeness (QED) is 0.686. The Hall–Kier alpha value is -2.33. The van der Waals surface area contributed by atoms with E-state index in [4.69, 9.17) is 9.47 Å². The summed E-state index contributed by atoms with van der Waals surface area (Å²) in [6.07, 6.45) is 0.958. The van der Waals surface area contributed by atoms with Gasteiger partial charge in [0.2, 0.25) is 15.9 Å². The monoisotopic (exact) mass is 460 g/mol. The number of carbonyl (C=O) groups excluding carboxylic acids is 1. The smallest absolute Gasteiger partial charge is 0.245 e. The van der Waals surface area contributed by atoms with Crippen LogP contribution in [0.3, 0.4) is 0 Å². The summed E-state index contributed by atoms with van der Waals surface area (Å²) in [5, 5.41) is 2.36. The summed E-state index contributed by atoms with van der Waals surface area (Å²) in [5.41, 5.74) is 0.0695. The second-order valence-electron chi connectivity index (χ2n) is 5.48. The van der Waals surface area contributed by atoms with Gasteiger partial charge in [-0.3, -0.25) is 9.10 Å². The fourth-order valence-corrected chi connectivity index (χ4v) is 3.47. The lowest BCUT2D eigenvalue weighted by Gasteiger charge is -2.24. The number of carbonyl (C=O) groups is 1. The van der Waals surface area contributed by atoms with Gasteiger partial charge >= 0.3 is 0 Å². The van der Waals surface area contributed by atoms with Crippen LogP contribution in [0, 0.1) is 5.82 Å². The van der Waals surface area contributed by atoms with E-state index in [1.54, 1.807) is 12.1 Å². The highest BCUT2D eigenvalue weighted by Crippen LogP contribution is 2.33. The number of nitrogens with zero attached hydrogens (tertiary/aromatic N) is 1.